The fourth-order valence-corrected chi connectivity index (χ4v) is 6.30. The fraction of sp³-hybridized carbons (Fsp3) is 0.696. The smallest absolute Gasteiger partial charge is 0.406 e. The molecule has 3 rings (SSSR count). The molecule has 0 amide bonds. The van der Waals surface area contributed by atoms with Gasteiger partial charge in [-0.05, 0) is 20.8 Å². The van der Waals surface area contributed by atoms with E-state index in [1.165, 1.54) is 24.1 Å². The van der Waals surface area contributed by atoms with Gasteiger partial charge in [0.2, 0.25) is 5.13 Å². The Labute approximate surface area is 241 Å². The van der Waals surface area contributed by atoms with Crippen LogP contribution in [0.15, 0.2) is 12.7 Å². The Morgan fingerprint density at radius 2 is 2.02 bits per heavy atom. The van der Waals surface area contributed by atoms with Crippen LogP contribution in [-0.4, -0.2) is 72.9 Å². The molecule has 2 aromatic rings. The summed E-state index contributed by atoms with van der Waals surface area (Å²) in [5.74, 6) is -0.377. The Morgan fingerprint density at radius 1 is 1.32 bits per heavy atom. The minimum Gasteiger partial charge on any atom is -0.462 e. The largest absolute Gasteiger partial charge is 0.462 e. The number of imidazole rings is 1. The third-order valence-electron chi connectivity index (χ3n) is 5.50. The van der Waals surface area contributed by atoms with E-state index in [4.69, 9.17) is 35.9 Å². The molecule has 1 aliphatic heterocycles. The van der Waals surface area contributed by atoms with Gasteiger partial charge >= 0.3 is 13.7 Å². The lowest BCUT2D eigenvalue weighted by Gasteiger charge is -2.24. The van der Waals surface area contributed by atoms with Crippen molar-refractivity contribution < 1.29 is 37.1 Å². The van der Waals surface area contributed by atoms with Crippen molar-refractivity contribution in [1.82, 2.24) is 24.6 Å². The Balaban J connectivity index is 1.69. The minimum absolute atomic E-state index is 0.0699. The summed E-state index contributed by atoms with van der Waals surface area (Å²) in [7, 11) is -4.17. The zero-order valence-corrected chi connectivity index (χ0v) is 25.6. The number of nitrogen functional groups attached to an aromatic ring is 1. The topological polar surface area (TPSA) is 170 Å². The zero-order chi connectivity index (χ0) is 29.9. The standard InChI is InChI=1S/C23H35ClFN6O7PS/c1-13(2)37-19(32)14(3)30-39(34,35-7-8-40-21(33)22(4,5)6)36-10-15-9-23(24,25)20(38-15)31-12-29-16-17(26)27-11-28-18(16)31/h11-15,20H,7-10H2,1-6H3,(H,30,34)(H2,26,27,28)/t14-,15-,20+,23+,39+/m0/s1. The van der Waals surface area contributed by atoms with E-state index in [9.17, 15) is 14.2 Å². The lowest BCUT2D eigenvalue weighted by Crippen LogP contribution is -2.36. The highest BCUT2D eigenvalue weighted by Crippen LogP contribution is 2.49. The quantitative estimate of drug-likeness (QED) is 0.151. The number of nitrogens with zero attached hydrogens (tertiary/aromatic N) is 4. The number of alkyl halides is 2. The molecule has 17 heteroatoms. The second kappa shape index (κ2) is 13.0. The lowest BCUT2D eigenvalue weighted by molar-refractivity contribution is -0.149. The number of thioether (sulfide) groups is 1. The molecule has 13 nitrogen and oxygen atoms in total. The number of ether oxygens (including phenoxy) is 2. The van der Waals surface area contributed by atoms with Crippen LogP contribution in [0.2, 0.25) is 0 Å². The first-order valence-corrected chi connectivity index (χ1v) is 15.4. The monoisotopic (exact) mass is 624 g/mol. The van der Waals surface area contributed by atoms with Crippen LogP contribution in [0.5, 0.6) is 0 Å². The van der Waals surface area contributed by atoms with Gasteiger partial charge in [-0.3, -0.25) is 23.2 Å². The number of hydrogen-bond acceptors (Lipinski definition) is 12. The van der Waals surface area contributed by atoms with Crippen LogP contribution < -0.4 is 10.8 Å². The zero-order valence-electron chi connectivity index (χ0n) is 23.1. The van der Waals surface area contributed by atoms with Crippen molar-refractivity contribution in [1.29, 1.82) is 0 Å². The average molecular weight is 625 g/mol. The average Bonchev–Trinajstić information content (AvgIpc) is 3.40. The SMILES string of the molecule is CC(C)OC(=O)[C@H](C)N[P@@](=O)(OCCSC(=O)C(C)(C)C)OC[C@@H]1C[C@](F)(Cl)[C@H](n2cnc3c(N)ncnc32)O1. The molecule has 0 aliphatic carbocycles. The van der Waals surface area contributed by atoms with Gasteiger partial charge in [0, 0.05) is 17.6 Å². The molecule has 40 heavy (non-hydrogen) atoms. The molecule has 1 saturated heterocycles. The van der Waals surface area contributed by atoms with Gasteiger partial charge in [0.05, 0.1) is 31.7 Å². The molecule has 5 atom stereocenters. The highest BCUT2D eigenvalue weighted by molar-refractivity contribution is 8.13. The molecule has 2 aromatic heterocycles. The number of halogens is 2. The number of anilines is 1. The van der Waals surface area contributed by atoms with Crippen LogP contribution in [-0.2, 0) is 32.7 Å². The Bertz CT molecular complexity index is 1260. The van der Waals surface area contributed by atoms with Crippen molar-refractivity contribution in [3.8, 4) is 0 Å². The van der Waals surface area contributed by atoms with Crippen molar-refractivity contribution in [3.05, 3.63) is 12.7 Å². The van der Waals surface area contributed by atoms with E-state index in [0.29, 0.717) is 0 Å². The number of rotatable bonds is 12. The maximum absolute atomic E-state index is 15.4. The van der Waals surface area contributed by atoms with Crippen LogP contribution in [0.25, 0.3) is 11.2 Å². The van der Waals surface area contributed by atoms with E-state index >= 15 is 4.39 Å². The number of carbonyl (C=O) groups excluding carboxylic acids is 2. The van der Waals surface area contributed by atoms with E-state index in [1.807, 2.05) is 0 Å². The Morgan fingerprint density at radius 3 is 2.67 bits per heavy atom. The number of carbonyl (C=O) groups is 2. The Hall–Kier alpha value is -1.87. The van der Waals surface area contributed by atoms with E-state index in [2.05, 4.69) is 20.0 Å². The van der Waals surface area contributed by atoms with Crippen molar-refractivity contribution in [2.75, 3.05) is 24.7 Å². The van der Waals surface area contributed by atoms with Crippen molar-refractivity contribution in [2.24, 2.45) is 5.41 Å². The summed E-state index contributed by atoms with van der Waals surface area (Å²) < 4.78 is 52.4. The minimum atomic E-state index is -4.17. The van der Waals surface area contributed by atoms with Gasteiger partial charge in [0.25, 0.3) is 0 Å². The van der Waals surface area contributed by atoms with E-state index < -0.39 is 55.3 Å². The van der Waals surface area contributed by atoms with Gasteiger partial charge in [0.15, 0.2) is 22.8 Å². The number of fused-ring (bicyclic) bond motifs is 1. The first-order chi connectivity index (χ1) is 18.5. The van der Waals surface area contributed by atoms with Gasteiger partial charge in [-0.15, -0.1) is 0 Å². The second-order valence-corrected chi connectivity index (χ2v) is 14.0. The number of aromatic nitrogens is 4. The molecule has 0 saturated carbocycles. The van der Waals surface area contributed by atoms with Crippen LogP contribution in [0, 0.1) is 5.41 Å². The Kier molecular flexibility index (Phi) is 10.6. The highest BCUT2D eigenvalue weighted by atomic mass is 35.5. The van der Waals surface area contributed by atoms with Gasteiger partial charge < -0.3 is 15.2 Å². The molecule has 1 fully saturated rings. The van der Waals surface area contributed by atoms with Crippen LogP contribution in [0.1, 0.15) is 54.2 Å². The molecular formula is C23H35ClFN6O7PS. The third-order valence-corrected chi connectivity index (χ3v) is 8.80. The molecule has 0 radical (unpaired) electrons. The predicted octanol–water partition coefficient (Wildman–Crippen LogP) is 3.98. The van der Waals surface area contributed by atoms with Crippen molar-refractivity contribution >= 4 is 59.2 Å². The maximum atomic E-state index is 15.4. The second-order valence-electron chi connectivity index (χ2n) is 10.5. The molecule has 3 heterocycles. The summed E-state index contributed by atoms with van der Waals surface area (Å²) in [4.78, 5) is 36.6. The van der Waals surface area contributed by atoms with Crippen molar-refractivity contribution in [3.63, 3.8) is 0 Å². The molecule has 224 valence electrons. The molecule has 1 aliphatic rings. The van der Waals surface area contributed by atoms with E-state index in [-0.39, 0.29) is 40.9 Å². The van der Waals surface area contributed by atoms with Gasteiger partial charge in [0.1, 0.15) is 17.9 Å². The number of esters is 1. The molecular weight excluding hydrogens is 590 g/mol. The summed E-state index contributed by atoms with van der Waals surface area (Å²) in [6.45, 7) is 9.60. The summed E-state index contributed by atoms with van der Waals surface area (Å²) in [5.41, 5.74) is 5.73. The van der Waals surface area contributed by atoms with E-state index in [1.54, 1.807) is 34.6 Å². The van der Waals surface area contributed by atoms with E-state index in [0.717, 1.165) is 11.8 Å². The van der Waals surface area contributed by atoms with Gasteiger partial charge in [-0.25, -0.2) is 29.0 Å². The maximum Gasteiger partial charge on any atom is 0.406 e. The lowest BCUT2D eigenvalue weighted by atomic mass is 10.00. The van der Waals surface area contributed by atoms with Crippen LogP contribution in [0.4, 0.5) is 10.2 Å². The van der Waals surface area contributed by atoms with Gasteiger partial charge in [-0.2, -0.15) is 0 Å². The number of nitrogens with two attached hydrogens (primary N) is 1. The molecule has 0 spiro atoms. The number of nitrogens with one attached hydrogen (secondary N) is 1. The summed E-state index contributed by atoms with van der Waals surface area (Å²) >= 11 is 7.19. The molecule has 0 bridgehead atoms. The van der Waals surface area contributed by atoms with Crippen molar-refractivity contribution in [2.45, 2.75) is 77.6 Å². The predicted molar refractivity (Wildman–Crippen MR) is 148 cm³/mol. The third kappa shape index (κ3) is 8.34. The first kappa shape index (κ1) is 32.6. The normalized spacial score (nSPS) is 23.8. The molecule has 0 unspecified atom stereocenters. The molecule has 3 N–H and O–H groups in total. The highest BCUT2D eigenvalue weighted by Gasteiger charge is 2.50. The fourth-order valence-electron chi connectivity index (χ4n) is 3.57. The van der Waals surface area contributed by atoms with Crippen LogP contribution in [0.3, 0.4) is 0 Å². The van der Waals surface area contributed by atoms with Gasteiger partial charge in [-0.1, -0.05) is 44.1 Å². The molecule has 0 aromatic carbocycles. The summed E-state index contributed by atoms with van der Waals surface area (Å²) in [6, 6.07) is -1.06. The van der Waals surface area contributed by atoms with Crippen LogP contribution >= 0.6 is 31.1 Å². The first-order valence-electron chi connectivity index (χ1n) is 12.5. The summed E-state index contributed by atoms with van der Waals surface area (Å²) in [6.07, 6.45) is -0.553. The summed E-state index contributed by atoms with van der Waals surface area (Å²) in [5, 5.41) is 0.0840. The number of hydrogen-bond donors (Lipinski definition) is 2.